The van der Waals surface area contributed by atoms with E-state index in [0.717, 1.165) is 23.9 Å². The number of hydrogen-bond acceptors (Lipinski definition) is 5. The minimum atomic E-state index is -0.245. The molecule has 1 aliphatic carbocycles. The zero-order valence-electron chi connectivity index (χ0n) is 11.6. The smallest absolute Gasteiger partial charge is 0.336 e. The van der Waals surface area contributed by atoms with Gasteiger partial charge in [0.1, 0.15) is 12.1 Å². The molecular formula is C15H20N4O. The highest BCUT2D eigenvalue weighted by Gasteiger charge is 2.27. The molecule has 0 bridgehead atoms. The van der Waals surface area contributed by atoms with Gasteiger partial charge in [-0.25, -0.2) is 0 Å². The average molecular weight is 272 g/mol. The summed E-state index contributed by atoms with van der Waals surface area (Å²) in [5.74, 6) is 0. The van der Waals surface area contributed by atoms with E-state index in [0.29, 0.717) is 12.6 Å². The van der Waals surface area contributed by atoms with Crippen LogP contribution >= 0.6 is 0 Å². The summed E-state index contributed by atoms with van der Waals surface area (Å²) < 4.78 is 5.70. The molecule has 1 heterocycles. The van der Waals surface area contributed by atoms with E-state index in [1.54, 1.807) is 0 Å². The molecule has 1 aromatic heterocycles. The number of nitrogens with two attached hydrogens (primary N) is 1. The van der Waals surface area contributed by atoms with Crippen molar-refractivity contribution >= 4 is 11.0 Å². The van der Waals surface area contributed by atoms with Gasteiger partial charge in [0.05, 0.1) is 11.1 Å². The SMILES string of the molecule is NC1(COc2nnc3ccccc3n2)CCCCCC1. The second-order valence-electron chi connectivity index (χ2n) is 5.65. The van der Waals surface area contributed by atoms with Crippen LogP contribution in [0.3, 0.4) is 0 Å². The summed E-state index contributed by atoms with van der Waals surface area (Å²) >= 11 is 0. The van der Waals surface area contributed by atoms with Gasteiger partial charge in [0, 0.05) is 0 Å². The van der Waals surface area contributed by atoms with Crippen molar-refractivity contribution in [2.24, 2.45) is 5.73 Å². The van der Waals surface area contributed by atoms with Gasteiger partial charge in [0.25, 0.3) is 0 Å². The van der Waals surface area contributed by atoms with Crippen LogP contribution in [0, 0.1) is 0 Å². The lowest BCUT2D eigenvalue weighted by molar-refractivity contribution is 0.186. The van der Waals surface area contributed by atoms with Gasteiger partial charge in [0.15, 0.2) is 0 Å². The molecule has 3 rings (SSSR count). The lowest BCUT2D eigenvalue weighted by Crippen LogP contribution is -2.45. The van der Waals surface area contributed by atoms with Crippen LogP contribution in [-0.4, -0.2) is 27.3 Å². The summed E-state index contributed by atoms with van der Waals surface area (Å²) in [7, 11) is 0. The topological polar surface area (TPSA) is 73.9 Å². The summed E-state index contributed by atoms with van der Waals surface area (Å²) in [6.07, 6.45) is 6.91. The Morgan fingerprint density at radius 2 is 1.70 bits per heavy atom. The lowest BCUT2D eigenvalue weighted by atomic mass is 9.93. The quantitative estimate of drug-likeness (QED) is 0.869. The second-order valence-corrected chi connectivity index (χ2v) is 5.65. The molecule has 1 aliphatic rings. The largest absolute Gasteiger partial charge is 0.460 e. The van der Waals surface area contributed by atoms with E-state index >= 15 is 0 Å². The Labute approximate surface area is 118 Å². The Bertz CT molecular complexity index is 579. The third-order valence-corrected chi connectivity index (χ3v) is 3.93. The van der Waals surface area contributed by atoms with Gasteiger partial charge in [-0.2, -0.15) is 4.98 Å². The van der Waals surface area contributed by atoms with Gasteiger partial charge in [0.2, 0.25) is 0 Å². The monoisotopic (exact) mass is 272 g/mol. The van der Waals surface area contributed by atoms with E-state index in [9.17, 15) is 0 Å². The molecule has 0 atom stereocenters. The summed E-state index contributed by atoms with van der Waals surface area (Å²) in [6, 6.07) is 7.95. The molecule has 0 unspecified atom stereocenters. The molecule has 1 fully saturated rings. The molecule has 0 spiro atoms. The first kappa shape index (κ1) is 13.2. The molecule has 5 nitrogen and oxygen atoms in total. The highest BCUT2D eigenvalue weighted by molar-refractivity contribution is 5.73. The van der Waals surface area contributed by atoms with Crippen LogP contribution in [0.25, 0.3) is 11.0 Å². The molecule has 1 saturated carbocycles. The number of benzene rings is 1. The highest BCUT2D eigenvalue weighted by Crippen LogP contribution is 2.25. The predicted octanol–water partition coefficient (Wildman–Crippen LogP) is 2.46. The third-order valence-electron chi connectivity index (χ3n) is 3.93. The maximum Gasteiger partial charge on any atom is 0.336 e. The first-order valence-electron chi connectivity index (χ1n) is 7.26. The van der Waals surface area contributed by atoms with Crippen LogP contribution < -0.4 is 10.5 Å². The van der Waals surface area contributed by atoms with Crippen LogP contribution in [0.4, 0.5) is 0 Å². The number of nitrogens with zero attached hydrogens (tertiary/aromatic N) is 3. The van der Waals surface area contributed by atoms with Gasteiger partial charge in [-0.1, -0.05) is 42.9 Å². The number of hydrogen-bond donors (Lipinski definition) is 1. The maximum absolute atomic E-state index is 6.42. The Hall–Kier alpha value is -1.75. The van der Waals surface area contributed by atoms with Crippen molar-refractivity contribution in [1.29, 1.82) is 0 Å². The Morgan fingerprint density at radius 1 is 1.00 bits per heavy atom. The van der Waals surface area contributed by atoms with Crippen molar-refractivity contribution < 1.29 is 4.74 Å². The van der Waals surface area contributed by atoms with Gasteiger partial charge >= 0.3 is 6.01 Å². The second kappa shape index (κ2) is 5.71. The molecule has 2 aromatic rings. The number of ether oxygens (including phenoxy) is 1. The Balaban J connectivity index is 1.69. The van der Waals surface area contributed by atoms with Crippen LogP contribution in [0.2, 0.25) is 0 Å². The summed E-state index contributed by atoms with van der Waals surface area (Å²) in [5, 5.41) is 8.11. The minimum absolute atomic E-state index is 0.245. The van der Waals surface area contributed by atoms with Crippen molar-refractivity contribution in [2.75, 3.05) is 6.61 Å². The number of para-hydroxylation sites is 1. The molecule has 106 valence electrons. The fourth-order valence-corrected chi connectivity index (χ4v) is 2.71. The molecule has 0 saturated heterocycles. The lowest BCUT2D eigenvalue weighted by Gasteiger charge is -2.27. The van der Waals surface area contributed by atoms with Crippen LogP contribution in [0.5, 0.6) is 6.01 Å². The van der Waals surface area contributed by atoms with Gasteiger partial charge in [-0.15, -0.1) is 5.10 Å². The molecule has 1 aromatic carbocycles. The van der Waals surface area contributed by atoms with Crippen molar-refractivity contribution in [3.63, 3.8) is 0 Å². The Kier molecular flexibility index (Phi) is 3.78. The number of rotatable bonds is 3. The van der Waals surface area contributed by atoms with E-state index in [1.807, 2.05) is 24.3 Å². The highest BCUT2D eigenvalue weighted by atomic mass is 16.5. The minimum Gasteiger partial charge on any atom is -0.460 e. The summed E-state index contributed by atoms with van der Waals surface area (Å²) in [5.41, 5.74) is 7.74. The van der Waals surface area contributed by atoms with Crippen molar-refractivity contribution in [1.82, 2.24) is 15.2 Å². The van der Waals surface area contributed by atoms with E-state index in [4.69, 9.17) is 10.5 Å². The molecule has 20 heavy (non-hydrogen) atoms. The zero-order valence-corrected chi connectivity index (χ0v) is 11.6. The van der Waals surface area contributed by atoms with Gasteiger partial charge < -0.3 is 10.5 Å². The summed E-state index contributed by atoms with van der Waals surface area (Å²) in [6.45, 7) is 0.465. The molecule has 2 N–H and O–H groups in total. The van der Waals surface area contributed by atoms with Gasteiger partial charge in [-0.3, -0.25) is 0 Å². The first-order chi connectivity index (χ1) is 9.75. The normalized spacial score (nSPS) is 18.6. The molecular weight excluding hydrogens is 252 g/mol. The first-order valence-corrected chi connectivity index (χ1v) is 7.26. The van der Waals surface area contributed by atoms with Crippen LogP contribution in [-0.2, 0) is 0 Å². The van der Waals surface area contributed by atoms with Crippen molar-refractivity contribution in [2.45, 2.75) is 44.1 Å². The molecule has 0 amide bonds. The third kappa shape index (κ3) is 3.04. The van der Waals surface area contributed by atoms with Crippen molar-refractivity contribution in [3.8, 4) is 6.01 Å². The van der Waals surface area contributed by atoms with Crippen molar-refractivity contribution in [3.05, 3.63) is 24.3 Å². The standard InChI is InChI=1S/C15H20N4O/c16-15(9-5-1-2-6-10-15)11-20-14-17-12-7-3-4-8-13(12)18-19-14/h3-4,7-8H,1-2,5-6,9-11,16H2. The fraction of sp³-hybridized carbons (Fsp3) is 0.533. The Morgan fingerprint density at radius 3 is 2.45 bits per heavy atom. The maximum atomic E-state index is 6.42. The van der Waals surface area contributed by atoms with Crippen LogP contribution in [0.15, 0.2) is 24.3 Å². The number of aromatic nitrogens is 3. The predicted molar refractivity (Wildman–Crippen MR) is 77.4 cm³/mol. The van der Waals surface area contributed by atoms with E-state index in [1.165, 1.54) is 25.7 Å². The van der Waals surface area contributed by atoms with E-state index in [2.05, 4.69) is 15.2 Å². The number of fused-ring (bicyclic) bond motifs is 1. The van der Waals surface area contributed by atoms with E-state index < -0.39 is 0 Å². The molecule has 0 radical (unpaired) electrons. The fourth-order valence-electron chi connectivity index (χ4n) is 2.71. The zero-order chi connectivity index (χ0) is 13.8. The summed E-state index contributed by atoms with van der Waals surface area (Å²) in [4.78, 5) is 4.36. The average Bonchev–Trinajstić information content (AvgIpc) is 2.70. The van der Waals surface area contributed by atoms with Crippen LogP contribution in [0.1, 0.15) is 38.5 Å². The van der Waals surface area contributed by atoms with Gasteiger partial charge in [-0.05, 0) is 25.0 Å². The van der Waals surface area contributed by atoms with E-state index in [-0.39, 0.29) is 5.54 Å². The molecule has 5 heteroatoms. The molecule has 0 aliphatic heterocycles.